The first kappa shape index (κ1) is 20.4. The number of methoxy groups -OCH3 is 1. The molecule has 0 spiro atoms. The maximum Gasteiger partial charge on any atom is 0.336 e. The molecule has 1 atom stereocenters. The Balaban J connectivity index is 1.36. The highest BCUT2D eigenvalue weighted by Gasteiger charge is 2.27. The van der Waals surface area contributed by atoms with E-state index in [1.807, 2.05) is 12.1 Å². The van der Waals surface area contributed by atoms with Crippen LogP contribution in [0.25, 0.3) is 22.4 Å². The molecule has 0 aliphatic carbocycles. The molecule has 1 fully saturated rings. The lowest BCUT2D eigenvalue weighted by Crippen LogP contribution is -2.34. The fraction of sp³-hybridized carbons (Fsp3) is 0.292. The molecule has 2 aromatic carbocycles. The third-order valence-corrected chi connectivity index (χ3v) is 5.81. The van der Waals surface area contributed by atoms with E-state index < -0.39 is 0 Å². The minimum absolute atomic E-state index is 0.0741. The predicted octanol–water partition coefficient (Wildman–Crippen LogP) is 4.37. The van der Waals surface area contributed by atoms with Gasteiger partial charge in [-0.05, 0) is 49.2 Å². The highest BCUT2D eigenvalue weighted by molar-refractivity contribution is 5.81. The van der Waals surface area contributed by atoms with Crippen LogP contribution in [0.4, 0.5) is 4.39 Å². The molecule has 7 nitrogen and oxygen atoms in total. The van der Waals surface area contributed by atoms with E-state index in [9.17, 15) is 9.18 Å². The molecule has 8 heteroatoms. The Morgan fingerprint density at radius 3 is 2.97 bits per heavy atom. The minimum atomic E-state index is -0.383. The zero-order valence-electron chi connectivity index (χ0n) is 17.6. The van der Waals surface area contributed by atoms with Gasteiger partial charge in [0.25, 0.3) is 0 Å². The van der Waals surface area contributed by atoms with E-state index in [1.54, 1.807) is 31.4 Å². The van der Waals surface area contributed by atoms with Crippen LogP contribution >= 0.6 is 0 Å². The smallest absolute Gasteiger partial charge is 0.336 e. The van der Waals surface area contributed by atoms with Gasteiger partial charge in [0.2, 0.25) is 11.7 Å². The Morgan fingerprint density at radius 2 is 2.12 bits per heavy atom. The highest BCUT2D eigenvalue weighted by atomic mass is 19.1. The van der Waals surface area contributed by atoms with Gasteiger partial charge in [0.1, 0.15) is 17.1 Å². The molecule has 1 saturated heterocycles. The van der Waals surface area contributed by atoms with Crippen molar-refractivity contribution in [1.82, 2.24) is 15.0 Å². The standard InChI is InChI=1S/C24H22FN3O4/c1-30-19-7-8-20-17(11-22(29)31-21(20)12-19)14-28-9-3-5-16(13-28)24-26-23(27-32-24)15-4-2-6-18(25)10-15/h2,4,6-8,10-12,16H,3,5,9,13-14H2,1H3. The number of likely N-dealkylation sites (tertiary alicyclic amines) is 1. The molecule has 0 N–H and O–H groups in total. The van der Waals surface area contributed by atoms with Crippen molar-refractivity contribution in [2.45, 2.75) is 25.3 Å². The van der Waals surface area contributed by atoms with E-state index in [1.165, 1.54) is 12.1 Å². The molecule has 0 saturated carbocycles. The van der Waals surface area contributed by atoms with E-state index in [4.69, 9.17) is 13.7 Å². The second-order valence-corrected chi connectivity index (χ2v) is 7.99. The van der Waals surface area contributed by atoms with Gasteiger partial charge in [-0.2, -0.15) is 4.98 Å². The number of fused-ring (bicyclic) bond motifs is 1. The van der Waals surface area contributed by atoms with Crippen LogP contribution in [0.3, 0.4) is 0 Å². The van der Waals surface area contributed by atoms with Crippen molar-refractivity contribution in [2.24, 2.45) is 0 Å². The molecule has 3 heterocycles. The number of ether oxygens (including phenoxy) is 1. The molecule has 0 radical (unpaired) electrons. The first-order valence-corrected chi connectivity index (χ1v) is 10.5. The lowest BCUT2D eigenvalue weighted by Gasteiger charge is -2.31. The normalized spacial score (nSPS) is 17.0. The molecule has 164 valence electrons. The van der Waals surface area contributed by atoms with E-state index in [0.29, 0.717) is 35.2 Å². The van der Waals surface area contributed by atoms with E-state index >= 15 is 0 Å². The molecule has 5 rings (SSSR count). The molecule has 4 aromatic rings. The second-order valence-electron chi connectivity index (χ2n) is 7.99. The first-order valence-electron chi connectivity index (χ1n) is 10.5. The predicted molar refractivity (Wildman–Crippen MR) is 116 cm³/mol. The molecular formula is C24H22FN3O4. The van der Waals surface area contributed by atoms with Gasteiger partial charge in [0, 0.05) is 36.2 Å². The van der Waals surface area contributed by atoms with Gasteiger partial charge >= 0.3 is 5.63 Å². The van der Waals surface area contributed by atoms with E-state index in [0.717, 1.165) is 36.9 Å². The summed E-state index contributed by atoms with van der Waals surface area (Å²) in [5.74, 6) is 1.31. The van der Waals surface area contributed by atoms with Gasteiger partial charge < -0.3 is 13.7 Å². The Kier molecular flexibility index (Phi) is 5.45. The van der Waals surface area contributed by atoms with Gasteiger partial charge in [0.15, 0.2) is 0 Å². The Hall–Kier alpha value is -3.52. The number of nitrogens with zero attached hydrogens (tertiary/aromatic N) is 3. The Bertz CT molecular complexity index is 1320. The fourth-order valence-electron chi connectivity index (χ4n) is 4.26. The summed E-state index contributed by atoms with van der Waals surface area (Å²) in [5.41, 5.74) is 1.62. The second kappa shape index (κ2) is 8.55. The zero-order chi connectivity index (χ0) is 22.1. The summed E-state index contributed by atoms with van der Waals surface area (Å²) in [7, 11) is 1.58. The first-order chi connectivity index (χ1) is 15.6. The number of halogens is 1. The summed E-state index contributed by atoms with van der Waals surface area (Å²) in [6.45, 7) is 2.23. The van der Waals surface area contributed by atoms with Crippen molar-refractivity contribution >= 4 is 11.0 Å². The van der Waals surface area contributed by atoms with Gasteiger partial charge in [-0.3, -0.25) is 4.90 Å². The van der Waals surface area contributed by atoms with Crippen LogP contribution in [-0.2, 0) is 6.54 Å². The number of hydrogen-bond donors (Lipinski definition) is 0. The average molecular weight is 435 g/mol. The summed E-state index contributed by atoms with van der Waals surface area (Å²) >= 11 is 0. The third-order valence-electron chi connectivity index (χ3n) is 5.81. The number of hydrogen-bond acceptors (Lipinski definition) is 7. The molecule has 1 unspecified atom stereocenters. The van der Waals surface area contributed by atoms with Crippen LogP contribution in [0.2, 0.25) is 0 Å². The van der Waals surface area contributed by atoms with Gasteiger partial charge in [-0.25, -0.2) is 9.18 Å². The van der Waals surface area contributed by atoms with E-state index in [-0.39, 0.29) is 17.4 Å². The lowest BCUT2D eigenvalue weighted by molar-refractivity contribution is 0.180. The van der Waals surface area contributed by atoms with Crippen LogP contribution in [-0.4, -0.2) is 35.2 Å². The summed E-state index contributed by atoms with van der Waals surface area (Å²) in [5, 5.41) is 4.93. The van der Waals surface area contributed by atoms with Crippen LogP contribution < -0.4 is 10.4 Å². The van der Waals surface area contributed by atoms with Crippen LogP contribution in [0, 0.1) is 5.82 Å². The zero-order valence-corrected chi connectivity index (χ0v) is 17.6. The molecule has 0 bridgehead atoms. The van der Waals surface area contributed by atoms with Crippen molar-refractivity contribution in [3.63, 3.8) is 0 Å². The molecule has 2 aromatic heterocycles. The average Bonchev–Trinajstić information content (AvgIpc) is 3.29. The van der Waals surface area contributed by atoms with Crippen LogP contribution in [0.1, 0.15) is 30.2 Å². The largest absolute Gasteiger partial charge is 0.497 e. The fourth-order valence-corrected chi connectivity index (χ4v) is 4.26. The van der Waals surface area contributed by atoms with Gasteiger partial charge in [-0.15, -0.1) is 0 Å². The van der Waals surface area contributed by atoms with Crippen molar-refractivity contribution < 1.29 is 18.1 Å². The topological polar surface area (TPSA) is 81.6 Å². The number of aromatic nitrogens is 2. The summed E-state index contributed by atoms with van der Waals surface area (Å²) in [6, 6.07) is 13.2. The molecule has 1 aliphatic rings. The minimum Gasteiger partial charge on any atom is -0.497 e. The molecule has 32 heavy (non-hydrogen) atoms. The quantitative estimate of drug-likeness (QED) is 0.431. The Morgan fingerprint density at radius 1 is 1.22 bits per heavy atom. The van der Waals surface area contributed by atoms with Crippen LogP contribution in [0.15, 0.2) is 62.3 Å². The van der Waals surface area contributed by atoms with Crippen molar-refractivity contribution in [1.29, 1.82) is 0 Å². The van der Waals surface area contributed by atoms with Gasteiger partial charge in [-0.1, -0.05) is 17.3 Å². The maximum absolute atomic E-state index is 13.5. The van der Waals surface area contributed by atoms with Crippen molar-refractivity contribution in [3.05, 3.63) is 76.2 Å². The number of rotatable bonds is 5. The van der Waals surface area contributed by atoms with Gasteiger partial charge in [0.05, 0.1) is 13.0 Å². The molecule has 0 amide bonds. The number of benzene rings is 2. The molecular weight excluding hydrogens is 413 g/mol. The SMILES string of the molecule is COc1ccc2c(CN3CCCC(c4nc(-c5cccc(F)c5)no4)C3)cc(=O)oc2c1. The number of piperidine rings is 1. The summed E-state index contributed by atoms with van der Waals surface area (Å²) < 4.78 is 29.7. The summed E-state index contributed by atoms with van der Waals surface area (Å²) in [6.07, 6.45) is 1.89. The summed E-state index contributed by atoms with van der Waals surface area (Å²) in [4.78, 5) is 18.9. The third kappa shape index (κ3) is 4.13. The lowest BCUT2D eigenvalue weighted by atomic mass is 9.97. The monoisotopic (exact) mass is 435 g/mol. The van der Waals surface area contributed by atoms with Crippen molar-refractivity contribution in [3.8, 4) is 17.1 Å². The Labute approximate surface area is 183 Å². The highest BCUT2D eigenvalue weighted by Crippen LogP contribution is 2.30. The molecule has 1 aliphatic heterocycles. The van der Waals surface area contributed by atoms with Crippen LogP contribution in [0.5, 0.6) is 5.75 Å². The maximum atomic E-state index is 13.5. The van der Waals surface area contributed by atoms with E-state index in [2.05, 4.69) is 15.0 Å². The van der Waals surface area contributed by atoms with Crippen molar-refractivity contribution in [2.75, 3.05) is 20.2 Å².